The molecule has 0 saturated heterocycles. The number of hydrogen-bond acceptors (Lipinski definition) is 8. The second-order valence-corrected chi connectivity index (χ2v) is 11.9. The molecule has 0 fully saturated rings. The number of hydrogen-bond donors (Lipinski definition) is 2. The molecule has 0 amide bonds. The van der Waals surface area contributed by atoms with Crippen molar-refractivity contribution in [3.05, 3.63) is 42.5 Å². The molecule has 0 radical (unpaired) electrons. The van der Waals surface area contributed by atoms with Gasteiger partial charge >= 0.3 is 10.1 Å². The molecule has 0 spiro atoms. The maximum absolute atomic E-state index is 12.8. The second kappa shape index (κ2) is 12.8. The number of nitrogens with zero attached hydrogens (tertiary/aromatic N) is 2. The van der Waals surface area contributed by atoms with Crippen LogP contribution in [0.4, 0.5) is 10.8 Å². The fourth-order valence-corrected chi connectivity index (χ4v) is 5.50. The second-order valence-electron chi connectivity index (χ2n) is 9.34. The highest BCUT2D eigenvalue weighted by Crippen LogP contribution is 2.30. The minimum atomic E-state index is -3.94. The van der Waals surface area contributed by atoms with Crippen LogP contribution in [0.1, 0.15) is 41.5 Å². The molecule has 0 saturated carbocycles. The van der Waals surface area contributed by atoms with Crippen LogP contribution in [0.2, 0.25) is 0 Å². The minimum absolute atomic E-state index is 0. The predicted molar refractivity (Wildman–Crippen MR) is 150 cm³/mol. The monoisotopic (exact) mass is 540 g/mol. The Morgan fingerprint density at radius 2 is 1.63 bits per heavy atom. The Balaban J connectivity index is 0.00000432. The lowest BCUT2D eigenvalue weighted by atomic mass is 10.2. The van der Waals surface area contributed by atoms with Crippen molar-refractivity contribution in [2.75, 3.05) is 30.3 Å². The van der Waals surface area contributed by atoms with Crippen molar-refractivity contribution in [2.45, 2.75) is 58.5 Å². The molecule has 2 aromatic carbocycles. The fraction of sp³-hybridized carbons (Fsp3) is 0.480. The molecule has 0 unspecified atom stereocenters. The average Bonchev–Trinajstić information content (AvgIpc) is 3.17. The van der Waals surface area contributed by atoms with Gasteiger partial charge in [0.2, 0.25) is 0 Å². The Hall–Kier alpha value is -2.07. The van der Waals surface area contributed by atoms with E-state index in [0.717, 1.165) is 40.7 Å². The van der Waals surface area contributed by atoms with Crippen molar-refractivity contribution in [2.24, 2.45) is 5.92 Å². The van der Waals surface area contributed by atoms with E-state index in [9.17, 15) is 8.42 Å². The van der Waals surface area contributed by atoms with Crippen LogP contribution >= 0.6 is 23.7 Å². The quantitative estimate of drug-likeness (QED) is 0.269. The average molecular weight is 541 g/mol. The summed E-state index contributed by atoms with van der Waals surface area (Å²) in [6.07, 6.45) is 0. The van der Waals surface area contributed by atoms with Crippen LogP contribution in [0.5, 0.6) is 5.75 Å². The summed E-state index contributed by atoms with van der Waals surface area (Å²) in [5, 5.41) is 7.48. The van der Waals surface area contributed by atoms with Gasteiger partial charge in [-0.15, -0.1) is 12.4 Å². The molecular weight excluding hydrogens is 504 g/mol. The summed E-state index contributed by atoms with van der Waals surface area (Å²) in [5.74, 6) is 0.781. The molecule has 0 aliphatic rings. The highest BCUT2D eigenvalue weighted by Gasteiger charge is 2.18. The van der Waals surface area contributed by atoms with E-state index in [2.05, 4.69) is 62.1 Å². The first-order chi connectivity index (χ1) is 16.0. The highest BCUT2D eigenvalue weighted by atomic mass is 35.5. The van der Waals surface area contributed by atoms with Crippen molar-refractivity contribution in [3.8, 4) is 5.75 Å². The smallest absolute Gasteiger partial charge is 0.339 e. The van der Waals surface area contributed by atoms with Gasteiger partial charge in [-0.1, -0.05) is 25.2 Å². The first kappa shape index (κ1) is 29.2. The minimum Gasteiger partial charge on any atom is -0.384 e. The number of anilines is 2. The van der Waals surface area contributed by atoms with Gasteiger partial charge in [0.05, 0.1) is 10.2 Å². The third kappa shape index (κ3) is 8.24. The lowest BCUT2D eigenvalue weighted by Gasteiger charge is -2.30. The number of rotatable bonds is 12. The number of thiazole rings is 1. The molecule has 7 nitrogen and oxygen atoms in total. The van der Waals surface area contributed by atoms with Crippen molar-refractivity contribution < 1.29 is 12.6 Å². The normalized spacial score (nSPS) is 11.9. The Labute approximate surface area is 219 Å². The van der Waals surface area contributed by atoms with Gasteiger partial charge in [-0.3, -0.25) is 4.90 Å². The van der Waals surface area contributed by atoms with Crippen LogP contribution in [0.3, 0.4) is 0 Å². The Morgan fingerprint density at radius 3 is 2.23 bits per heavy atom. The fourth-order valence-electron chi connectivity index (χ4n) is 3.68. The molecule has 0 bridgehead atoms. The van der Waals surface area contributed by atoms with Gasteiger partial charge in [0, 0.05) is 43.5 Å². The standard InChI is InChI=1S/C25H36N4O3S2.ClH/c1-17(2)16-27-25-28-23-12-9-21(15-24(23)33-25)32-34(30,31)22-10-7-20(8-11-22)26-13-14-29(18(3)4)19(5)6;/h7-12,15,17-19,26H,13-14,16H2,1-6H3,(H,27,28);1H. The number of aromatic nitrogens is 1. The SMILES string of the molecule is CC(C)CNc1nc2ccc(OS(=O)(=O)c3ccc(NCCN(C(C)C)C(C)C)cc3)cc2s1.Cl. The summed E-state index contributed by atoms with van der Waals surface area (Å²) in [6.45, 7) is 15.5. The van der Waals surface area contributed by atoms with Gasteiger partial charge in [0.15, 0.2) is 5.13 Å². The van der Waals surface area contributed by atoms with Crippen LogP contribution in [0.15, 0.2) is 47.4 Å². The zero-order valence-corrected chi connectivity index (χ0v) is 23.7. The van der Waals surface area contributed by atoms with Crippen LogP contribution < -0.4 is 14.8 Å². The van der Waals surface area contributed by atoms with E-state index in [1.807, 2.05) is 0 Å². The molecule has 194 valence electrons. The first-order valence-corrected chi connectivity index (χ1v) is 14.0. The van der Waals surface area contributed by atoms with Crippen LogP contribution in [-0.4, -0.2) is 50.0 Å². The molecule has 1 aromatic heterocycles. The van der Waals surface area contributed by atoms with Crippen LogP contribution in [0.25, 0.3) is 10.2 Å². The number of benzene rings is 2. The Bertz CT molecular complexity index is 1170. The predicted octanol–water partition coefficient (Wildman–Crippen LogP) is 6.08. The Morgan fingerprint density at radius 1 is 0.971 bits per heavy atom. The maximum Gasteiger partial charge on any atom is 0.339 e. The summed E-state index contributed by atoms with van der Waals surface area (Å²) in [7, 11) is -3.94. The number of halogens is 1. The number of nitrogens with one attached hydrogen (secondary N) is 2. The van der Waals surface area contributed by atoms with Gasteiger partial charge in [-0.05, 0) is 70.0 Å². The molecule has 35 heavy (non-hydrogen) atoms. The molecule has 2 N–H and O–H groups in total. The number of fused-ring (bicyclic) bond motifs is 1. The van der Waals surface area contributed by atoms with Gasteiger partial charge in [-0.2, -0.15) is 8.42 Å². The van der Waals surface area contributed by atoms with E-state index in [-0.39, 0.29) is 23.1 Å². The summed E-state index contributed by atoms with van der Waals surface area (Å²) in [5.41, 5.74) is 1.68. The van der Waals surface area contributed by atoms with Gasteiger partial charge in [-0.25, -0.2) is 4.98 Å². The van der Waals surface area contributed by atoms with E-state index in [0.29, 0.717) is 18.0 Å². The molecule has 0 atom stereocenters. The van der Waals surface area contributed by atoms with E-state index in [4.69, 9.17) is 4.18 Å². The lowest BCUT2D eigenvalue weighted by molar-refractivity contribution is 0.182. The van der Waals surface area contributed by atoms with Crippen LogP contribution in [0, 0.1) is 5.92 Å². The molecule has 3 aromatic rings. The Kier molecular flexibility index (Phi) is 10.6. The van der Waals surface area contributed by atoms with Gasteiger partial charge in [0.1, 0.15) is 10.6 Å². The van der Waals surface area contributed by atoms with Crippen molar-refractivity contribution in [3.63, 3.8) is 0 Å². The van der Waals surface area contributed by atoms with Crippen molar-refractivity contribution in [1.82, 2.24) is 9.88 Å². The van der Waals surface area contributed by atoms with Crippen LogP contribution in [-0.2, 0) is 10.1 Å². The zero-order valence-electron chi connectivity index (χ0n) is 21.2. The third-order valence-electron chi connectivity index (χ3n) is 5.40. The van der Waals surface area contributed by atoms with Crippen molar-refractivity contribution >= 4 is 54.9 Å². The summed E-state index contributed by atoms with van der Waals surface area (Å²) in [6, 6.07) is 12.8. The molecule has 0 aliphatic heterocycles. The van der Waals surface area contributed by atoms with E-state index >= 15 is 0 Å². The molecule has 0 aliphatic carbocycles. The van der Waals surface area contributed by atoms with Gasteiger partial charge in [0.25, 0.3) is 0 Å². The van der Waals surface area contributed by atoms with E-state index in [1.54, 1.807) is 42.5 Å². The topological polar surface area (TPSA) is 83.6 Å². The molecular formula is C25H37ClN4O3S2. The maximum atomic E-state index is 12.8. The molecule has 1 heterocycles. The van der Waals surface area contributed by atoms with Crippen molar-refractivity contribution in [1.29, 1.82) is 0 Å². The molecule has 3 rings (SSSR count). The zero-order chi connectivity index (χ0) is 24.9. The summed E-state index contributed by atoms with van der Waals surface area (Å²) >= 11 is 1.48. The first-order valence-electron chi connectivity index (χ1n) is 11.7. The lowest BCUT2D eigenvalue weighted by Crippen LogP contribution is -2.40. The third-order valence-corrected chi connectivity index (χ3v) is 7.63. The highest BCUT2D eigenvalue weighted by molar-refractivity contribution is 7.87. The summed E-state index contributed by atoms with van der Waals surface area (Å²) in [4.78, 5) is 7.06. The molecule has 10 heteroatoms. The van der Waals surface area contributed by atoms with E-state index < -0.39 is 10.1 Å². The summed E-state index contributed by atoms with van der Waals surface area (Å²) < 4.78 is 31.9. The van der Waals surface area contributed by atoms with Gasteiger partial charge < -0.3 is 14.8 Å². The largest absolute Gasteiger partial charge is 0.384 e. The van der Waals surface area contributed by atoms with E-state index in [1.165, 1.54) is 11.3 Å².